The average molecular weight is 466 g/mol. The van der Waals surface area contributed by atoms with Crippen LogP contribution in [0.2, 0.25) is 0 Å². The molecule has 4 rings (SSSR count). The third-order valence-corrected chi connectivity index (χ3v) is 6.29. The molecule has 0 spiro atoms. The predicted octanol–water partition coefficient (Wildman–Crippen LogP) is 5.29. The van der Waals surface area contributed by atoms with Crippen molar-refractivity contribution in [2.75, 3.05) is 25.0 Å². The minimum atomic E-state index is -0.474. The molecule has 180 valence electrons. The summed E-state index contributed by atoms with van der Waals surface area (Å²) in [4.78, 5) is 28.2. The Morgan fingerprint density at radius 3 is 2.68 bits per heavy atom. The highest BCUT2D eigenvalue weighted by atomic mass is 19.1. The summed E-state index contributed by atoms with van der Waals surface area (Å²) < 4.78 is 20.7. The van der Waals surface area contributed by atoms with E-state index in [0.29, 0.717) is 25.3 Å². The molecule has 1 fully saturated rings. The van der Waals surface area contributed by atoms with E-state index in [1.54, 1.807) is 17.2 Å². The standard InChI is InChI=1S/C26H32FN5O2/c1-7-23-28-13-17-11-19(16(3)29-24(17)31-23)18-12-21(20(27)10-15(18)2)30-25(33)32-8-9-34-22(14-32)26(4,5)6/h10-13,22H,7-9,14H2,1-6H3,(H,30,33)/t22-/m0/s1. The number of morpholine rings is 1. The van der Waals surface area contributed by atoms with Crippen molar-refractivity contribution in [1.82, 2.24) is 19.9 Å². The molecule has 1 saturated heterocycles. The highest BCUT2D eigenvalue weighted by Crippen LogP contribution is 2.32. The highest BCUT2D eigenvalue weighted by molar-refractivity contribution is 5.91. The van der Waals surface area contributed by atoms with Crippen molar-refractivity contribution >= 4 is 22.8 Å². The van der Waals surface area contributed by atoms with E-state index < -0.39 is 5.82 Å². The van der Waals surface area contributed by atoms with Gasteiger partial charge in [0.1, 0.15) is 11.6 Å². The molecular formula is C26H32FN5O2. The van der Waals surface area contributed by atoms with Gasteiger partial charge in [0, 0.05) is 42.4 Å². The number of anilines is 1. The predicted molar refractivity (Wildman–Crippen MR) is 131 cm³/mol. The average Bonchev–Trinajstić information content (AvgIpc) is 2.79. The molecule has 0 unspecified atom stereocenters. The largest absolute Gasteiger partial charge is 0.374 e. The molecule has 1 aliphatic heterocycles. The minimum Gasteiger partial charge on any atom is -0.374 e. The topological polar surface area (TPSA) is 80.2 Å². The van der Waals surface area contributed by atoms with Crippen LogP contribution in [0, 0.1) is 25.1 Å². The molecule has 2 aromatic heterocycles. The van der Waals surface area contributed by atoms with E-state index in [1.807, 2.05) is 26.8 Å². The van der Waals surface area contributed by atoms with Gasteiger partial charge in [-0.25, -0.2) is 24.1 Å². The first-order valence-corrected chi connectivity index (χ1v) is 11.7. The zero-order chi connectivity index (χ0) is 24.6. The number of nitrogens with one attached hydrogen (secondary N) is 1. The Hall–Kier alpha value is -3.13. The number of fused-ring (bicyclic) bond motifs is 1. The van der Waals surface area contributed by atoms with Gasteiger partial charge in [0.25, 0.3) is 0 Å². The molecule has 1 atom stereocenters. The van der Waals surface area contributed by atoms with Crippen LogP contribution in [0.4, 0.5) is 14.9 Å². The van der Waals surface area contributed by atoms with Crippen molar-refractivity contribution in [3.8, 4) is 11.1 Å². The van der Waals surface area contributed by atoms with Gasteiger partial charge >= 0.3 is 6.03 Å². The van der Waals surface area contributed by atoms with Crippen LogP contribution >= 0.6 is 0 Å². The van der Waals surface area contributed by atoms with E-state index in [1.165, 1.54) is 6.07 Å². The monoisotopic (exact) mass is 465 g/mol. The van der Waals surface area contributed by atoms with Crippen molar-refractivity contribution < 1.29 is 13.9 Å². The Kier molecular flexibility index (Phi) is 6.53. The van der Waals surface area contributed by atoms with E-state index in [-0.39, 0.29) is 23.2 Å². The normalized spacial score (nSPS) is 16.7. The fraction of sp³-hybridized carbons (Fsp3) is 0.462. The molecule has 0 saturated carbocycles. The van der Waals surface area contributed by atoms with Gasteiger partial charge in [0.2, 0.25) is 0 Å². The number of rotatable bonds is 3. The second-order valence-electron chi connectivity index (χ2n) is 9.92. The molecule has 1 aliphatic rings. The smallest absolute Gasteiger partial charge is 0.322 e. The zero-order valence-electron chi connectivity index (χ0n) is 20.7. The number of carbonyl (C=O) groups excluding carboxylic acids is 1. The molecule has 2 amide bonds. The van der Waals surface area contributed by atoms with Crippen LogP contribution in [0.15, 0.2) is 24.4 Å². The molecule has 3 aromatic rings. The lowest BCUT2D eigenvalue weighted by Crippen LogP contribution is -2.51. The van der Waals surface area contributed by atoms with E-state index in [2.05, 4.69) is 41.0 Å². The third kappa shape index (κ3) is 4.87. The molecule has 3 heterocycles. The SMILES string of the molecule is CCc1ncc2cc(-c3cc(NC(=O)N4CCO[C@H](C(C)(C)C)C4)c(F)cc3C)c(C)nc2n1. The number of pyridine rings is 1. The Labute approximate surface area is 199 Å². The lowest BCUT2D eigenvalue weighted by atomic mass is 9.88. The van der Waals surface area contributed by atoms with Gasteiger partial charge in [-0.1, -0.05) is 27.7 Å². The molecular weight excluding hydrogens is 433 g/mol. The van der Waals surface area contributed by atoms with Gasteiger partial charge in [-0.15, -0.1) is 0 Å². The van der Waals surface area contributed by atoms with Crippen LogP contribution in [0.5, 0.6) is 0 Å². The van der Waals surface area contributed by atoms with Gasteiger partial charge in [0.05, 0.1) is 18.4 Å². The molecule has 7 nitrogen and oxygen atoms in total. The van der Waals surface area contributed by atoms with Gasteiger partial charge in [-0.2, -0.15) is 0 Å². The summed E-state index contributed by atoms with van der Waals surface area (Å²) in [5.74, 6) is 0.268. The number of carbonyl (C=O) groups is 1. The lowest BCUT2D eigenvalue weighted by Gasteiger charge is -2.39. The first kappa shape index (κ1) is 24.0. The van der Waals surface area contributed by atoms with Crippen LogP contribution in [-0.2, 0) is 11.2 Å². The number of halogens is 1. The zero-order valence-corrected chi connectivity index (χ0v) is 20.7. The summed E-state index contributed by atoms with van der Waals surface area (Å²) >= 11 is 0. The molecule has 0 radical (unpaired) electrons. The number of aromatic nitrogens is 3. The molecule has 34 heavy (non-hydrogen) atoms. The number of nitrogens with zero attached hydrogens (tertiary/aromatic N) is 4. The first-order valence-electron chi connectivity index (χ1n) is 11.7. The van der Waals surface area contributed by atoms with Crippen molar-refractivity contribution in [2.24, 2.45) is 5.41 Å². The Bertz CT molecular complexity index is 1240. The summed E-state index contributed by atoms with van der Waals surface area (Å²) in [6.45, 7) is 13.4. The van der Waals surface area contributed by atoms with Crippen LogP contribution < -0.4 is 5.32 Å². The molecule has 0 aliphatic carbocycles. The first-order chi connectivity index (χ1) is 16.1. The number of urea groups is 1. The molecule has 8 heteroatoms. The maximum atomic E-state index is 14.9. The number of aryl methyl sites for hydroxylation is 3. The van der Waals surface area contributed by atoms with Crippen molar-refractivity contribution in [3.05, 3.63) is 47.3 Å². The van der Waals surface area contributed by atoms with E-state index in [0.717, 1.165) is 40.0 Å². The van der Waals surface area contributed by atoms with E-state index in [9.17, 15) is 9.18 Å². The van der Waals surface area contributed by atoms with Crippen LogP contribution in [0.25, 0.3) is 22.2 Å². The van der Waals surface area contributed by atoms with Gasteiger partial charge in [-0.3, -0.25) is 0 Å². The number of ether oxygens (including phenoxy) is 1. The van der Waals surface area contributed by atoms with E-state index >= 15 is 0 Å². The van der Waals surface area contributed by atoms with Crippen molar-refractivity contribution in [3.63, 3.8) is 0 Å². The summed E-state index contributed by atoms with van der Waals surface area (Å²) in [5, 5.41) is 3.59. The fourth-order valence-electron chi connectivity index (χ4n) is 4.14. The Morgan fingerprint density at radius 1 is 1.21 bits per heavy atom. The summed E-state index contributed by atoms with van der Waals surface area (Å²) in [5.41, 5.74) is 3.88. The maximum absolute atomic E-state index is 14.9. The second-order valence-corrected chi connectivity index (χ2v) is 9.92. The molecule has 1 aromatic carbocycles. The number of hydrogen-bond donors (Lipinski definition) is 1. The number of benzene rings is 1. The summed E-state index contributed by atoms with van der Waals surface area (Å²) in [6, 6.07) is 4.77. The van der Waals surface area contributed by atoms with Gasteiger partial charge in [0.15, 0.2) is 5.65 Å². The number of hydrogen-bond acceptors (Lipinski definition) is 5. The quantitative estimate of drug-likeness (QED) is 0.569. The second kappa shape index (κ2) is 9.25. The van der Waals surface area contributed by atoms with Crippen LogP contribution in [0.3, 0.4) is 0 Å². The van der Waals surface area contributed by atoms with E-state index in [4.69, 9.17) is 4.74 Å². The van der Waals surface area contributed by atoms with Crippen LogP contribution in [0.1, 0.15) is 44.8 Å². The number of amides is 2. The molecule has 1 N–H and O–H groups in total. The maximum Gasteiger partial charge on any atom is 0.322 e. The third-order valence-electron chi connectivity index (χ3n) is 6.29. The lowest BCUT2D eigenvalue weighted by molar-refractivity contribution is -0.0664. The van der Waals surface area contributed by atoms with Crippen molar-refractivity contribution in [1.29, 1.82) is 0 Å². The summed E-state index contributed by atoms with van der Waals surface area (Å²) in [7, 11) is 0. The Balaban J connectivity index is 1.64. The van der Waals surface area contributed by atoms with Gasteiger partial charge in [-0.05, 0) is 48.6 Å². The summed E-state index contributed by atoms with van der Waals surface area (Å²) in [6.07, 6.45) is 2.42. The molecule has 0 bridgehead atoms. The minimum absolute atomic E-state index is 0.0767. The van der Waals surface area contributed by atoms with Crippen LogP contribution in [-0.4, -0.2) is 51.7 Å². The highest BCUT2D eigenvalue weighted by Gasteiger charge is 2.32. The fourth-order valence-corrected chi connectivity index (χ4v) is 4.14. The van der Waals surface area contributed by atoms with Gasteiger partial charge < -0.3 is 15.0 Å². The Morgan fingerprint density at radius 2 is 1.97 bits per heavy atom. The van der Waals surface area contributed by atoms with Crippen molar-refractivity contribution in [2.45, 2.75) is 54.1 Å².